The molecular formula is C10H5ClF3NO. The lowest BCUT2D eigenvalue weighted by Gasteiger charge is -2.00. The minimum Gasteiger partial charge on any atom is -0.350 e. The van der Waals surface area contributed by atoms with E-state index in [0.717, 1.165) is 6.07 Å². The van der Waals surface area contributed by atoms with Crippen LogP contribution in [0.25, 0.3) is 10.9 Å². The van der Waals surface area contributed by atoms with E-state index in [1.54, 1.807) is 0 Å². The minimum absolute atomic E-state index is 0.124. The number of carbonyl (C=O) groups is 1. The quantitative estimate of drug-likeness (QED) is 0.767. The summed E-state index contributed by atoms with van der Waals surface area (Å²) in [5.74, 6) is 0. The van der Waals surface area contributed by atoms with Crippen molar-refractivity contribution in [1.29, 1.82) is 0 Å². The van der Waals surface area contributed by atoms with Crippen LogP contribution in [0.1, 0.15) is 16.1 Å². The van der Waals surface area contributed by atoms with Crippen molar-refractivity contribution in [3.8, 4) is 0 Å². The standard InChI is InChI=1S/C10H5ClF3NO/c11-7-2-1-5(4-16)6-3-8(10(12,13)14)15-9(6)7/h1-4,15H. The molecule has 0 fully saturated rings. The van der Waals surface area contributed by atoms with Crippen molar-refractivity contribution in [3.05, 3.63) is 34.5 Å². The first-order chi connectivity index (χ1) is 7.43. The number of H-pyrrole nitrogens is 1. The van der Waals surface area contributed by atoms with E-state index in [1.165, 1.54) is 12.1 Å². The van der Waals surface area contributed by atoms with Gasteiger partial charge < -0.3 is 4.98 Å². The Labute approximate surface area is 93.0 Å². The third kappa shape index (κ3) is 1.67. The van der Waals surface area contributed by atoms with Crippen LogP contribution >= 0.6 is 11.6 Å². The van der Waals surface area contributed by atoms with Crippen LogP contribution in [-0.2, 0) is 6.18 Å². The zero-order valence-corrected chi connectivity index (χ0v) is 8.49. The number of nitrogens with one attached hydrogen (secondary N) is 1. The average molecular weight is 248 g/mol. The lowest BCUT2D eigenvalue weighted by molar-refractivity contribution is -0.140. The fourth-order valence-electron chi connectivity index (χ4n) is 1.46. The third-order valence-electron chi connectivity index (χ3n) is 2.21. The van der Waals surface area contributed by atoms with E-state index >= 15 is 0 Å². The van der Waals surface area contributed by atoms with E-state index in [9.17, 15) is 18.0 Å². The Kier molecular flexibility index (Phi) is 2.42. The fourth-order valence-corrected chi connectivity index (χ4v) is 1.67. The number of aromatic nitrogens is 1. The van der Waals surface area contributed by atoms with Crippen LogP contribution in [0.5, 0.6) is 0 Å². The molecule has 2 rings (SSSR count). The van der Waals surface area contributed by atoms with E-state index in [4.69, 9.17) is 11.6 Å². The summed E-state index contributed by atoms with van der Waals surface area (Å²) in [6, 6.07) is 3.64. The van der Waals surface area contributed by atoms with Gasteiger partial charge in [0.2, 0.25) is 0 Å². The first-order valence-corrected chi connectivity index (χ1v) is 4.65. The monoisotopic (exact) mass is 247 g/mol. The van der Waals surface area contributed by atoms with Crippen LogP contribution in [-0.4, -0.2) is 11.3 Å². The van der Waals surface area contributed by atoms with Crippen LogP contribution < -0.4 is 0 Å². The molecule has 1 aromatic carbocycles. The van der Waals surface area contributed by atoms with Crippen molar-refractivity contribution in [1.82, 2.24) is 4.98 Å². The molecule has 1 aromatic heterocycles. The summed E-state index contributed by atoms with van der Waals surface area (Å²) < 4.78 is 37.3. The second-order valence-corrected chi connectivity index (χ2v) is 3.63. The number of carbonyl (C=O) groups excluding carboxylic acids is 1. The second-order valence-electron chi connectivity index (χ2n) is 3.22. The van der Waals surface area contributed by atoms with Gasteiger partial charge in [-0.3, -0.25) is 4.79 Å². The summed E-state index contributed by atoms with van der Waals surface area (Å²) in [5, 5.41) is 0.325. The molecule has 0 bridgehead atoms. The van der Waals surface area contributed by atoms with E-state index in [0.29, 0.717) is 6.29 Å². The van der Waals surface area contributed by atoms with E-state index < -0.39 is 11.9 Å². The van der Waals surface area contributed by atoms with Gasteiger partial charge in [-0.1, -0.05) is 11.6 Å². The largest absolute Gasteiger partial charge is 0.431 e. The molecule has 0 spiro atoms. The average Bonchev–Trinajstić information content (AvgIpc) is 2.63. The summed E-state index contributed by atoms with van der Waals surface area (Å²) >= 11 is 5.73. The molecule has 0 aliphatic heterocycles. The lowest BCUT2D eigenvalue weighted by Crippen LogP contribution is -2.04. The van der Waals surface area contributed by atoms with Gasteiger partial charge in [0.15, 0.2) is 6.29 Å². The molecular weight excluding hydrogens is 243 g/mol. The second kappa shape index (κ2) is 3.52. The van der Waals surface area contributed by atoms with Gasteiger partial charge in [0.1, 0.15) is 5.69 Å². The maximum Gasteiger partial charge on any atom is 0.431 e. The highest BCUT2D eigenvalue weighted by molar-refractivity contribution is 6.35. The van der Waals surface area contributed by atoms with Gasteiger partial charge in [-0.05, 0) is 18.2 Å². The summed E-state index contributed by atoms with van der Waals surface area (Å²) in [6.07, 6.45) is -3.99. The van der Waals surface area contributed by atoms with Crippen molar-refractivity contribution in [2.24, 2.45) is 0 Å². The van der Waals surface area contributed by atoms with Gasteiger partial charge in [-0.15, -0.1) is 0 Å². The number of aldehydes is 1. The normalized spacial score (nSPS) is 12.0. The lowest BCUT2D eigenvalue weighted by atomic mass is 10.1. The van der Waals surface area contributed by atoms with Gasteiger partial charge in [0, 0.05) is 10.9 Å². The zero-order chi connectivity index (χ0) is 11.9. The van der Waals surface area contributed by atoms with Crippen molar-refractivity contribution in [3.63, 3.8) is 0 Å². The Morgan fingerprint density at radius 1 is 1.31 bits per heavy atom. The Morgan fingerprint density at radius 2 is 2.00 bits per heavy atom. The number of alkyl halides is 3. The van der Waals surface area contributed by atoms with Crippen molar-refractivity contribution < 1.29 is 18.0 Å². The Morgan fingerprint density at radius 3 is 2.56 bits per heavy atom. The van der Waals surface area contributed by atoms with Gasteiger partial charge in [-0.25, -0.2) is 0 Å². The summed E-state index contributed by atoms with van der Waals surface area (Å²) in [4.78, 5) is 12.8. The van der Waals surface area contributed by atoms with E-state index in [-0.39, 0.29) is 21.5 Å². The number of rotatable bonds is 1. The fraction of sp³-hybridized carbons (Fsp3) is 0.100. The molecule has 0 atom stereocenters. The first kappa shape index (κ1) is 11.0. The zero-order valence-electron chi connectivity index (χ0n) is 7.73. The van der Waals surface area contributed by atoms with Gasteiger partial charge >= 0.3 is 6.18 Å². The molecule has 0 aliphatic carbocycles. The third-order valence-corrected chi connectivity index (χ3v) is 2.52. The van der Waals surface area contributed by atoms with Crippen LogP contribution in [0.15, 0.2) is 18.2 Å². The summed E-state index contributed by atoms with van der Waals surface area (Å²) in [6.45, 7) is 0. The molecule has 0 amide bonds. The van der Waals surface area contributed by atoms with Gasteiger partial charge in [0.25, 0.3) is 0 Å². The van der Waals surface area contributed by atoms with Crippen molar-refractivity contribution >= 4 is 28.8 Å². The summed E-state index contributed by atoms with van der Waals surface area (Å²) in [7, 11) is 0. The molecule has 2 aromatic rings. The number of halogens is 4. The van der Waals surface area contributed by atoms with E-state index in [1.807, 2.05) is 0 Å². The minimum atomic E-state index is -4.48. The van der Waals surface area contributed by atoms with Crippen molar-refractivity contribution in [2.75, 3.05) is 0 Å². The number of fused-ring (bicyclic) bond motifs is 1. The molecule has 16 heavy (non-hydrogen) atoms. The molecule has 6 heteroatoms. The highest BCUT2D eigenvalue weighted by atomic mass is 35.5. The van der Waals surface area contributed by atoms with Crippen LogP contribution in [0.3, 0.4) is 0 Å². The first-order valence-electron chi connectivity index (χ1n) is 4.27. The maximum atomic E-state index is 12.4. The molecule has 0 saturated heterocycles. The van der Waals surface area contributed by atoms with Gasteiger partial charge in [-0.2, -0.15) is 13.2 Å². The number of benzene rings is 1. The van der Waals surface area contributed by atoms with E-state index in [2.05, 4.69) is 4.98 Å². The highest BCUT2D eigenvalue weighted by Crippen LogP contribution is 2.34. The number of hydrogen-bond acceptors (Lipinski definition) is 1. The molecule has 2 nitrogen and oxygen atoms in total. The van der Waals surface area contributed by atoms with Crippen LogP contribution in [0.2, 0.25) is 5.02 Å². The van der Waals surface area contributed by atoms with Crippen LogP contribution in [0, 0.1) is 0 Å². The summed E-state index contributed by atoms with van der Waals surface area (Å²) in [5.41, 5.74) is -0.622. The molecule has 0 aliphatic rings. The predicted octanol–water partition coefficient (Wildman–Crippen LogP) is 3.65. The predicted molar refractivity (Wildman–Crippen MR) is 53.7 cm³/mol. The Bertz CT molecular complexity index is 559. The number of aromatic amines is 1. The van der Waals surface area contributed by atoms with Crippen molar-refractivity contribution in [2.45, 2.75) is 6.18 Å². The molecule has 0 radical (unpaired) electrons. The molecule has 0 unspecified atom stereocenters. The Balaban J connectivity index is 2.78. The molecule has 84 valence electrons. The topological polar surface area (TPSA) is 32.9 Å². The molecule has 1 heterocycles. The Hall–Kier alpha value is -1.49. The smallest absolute Gasteiger partial charge is 0.350 e. The maximum absolute atomic E-state index is 12.4. The van der Waals surface area contributed by atoms with Crippen LogP contribution in [0.4, 0.5) is 13.2 Å². The molecule has 0 saturated carbocycles. The SMILES string of the molecule is O=Cc1ccc(Cl)c2[nH]c(C(F)(F)F)cc12. The number of hydrogen-bond donors (Lipinski definition) is 1. The highest BCUT2D eigenvalue weighted by Gasteiger charge is 2.33. The molecule has 1 N–H and O–H groups in total. The van der Waals surface area contributed by atoms with Gasteiger partial charge in [0.05, 0.1) is 10.5 Å².